The zero-order chi connectivity index (χ0) is 34.9. The summed E-state index contributed by atoms with van der Waals surface area (Å²) >= 11 is 1.88. The van der Waals surface area contributed by atoms with Crippen molar-refractivity contribution in [3.8, 4) is 16.8 Å². The van der Waals surface area contributed by atoms with Crippen molar-refractivity contribution in [1.29, 1.82) is 0 Å². The first kappa shape index (κ1) is 30.0. The lowest BCUT2D eigenvalue weighted by molar-refractivity contribution is 1.20. The summed E-state index contributed by atoms with van der Waals surface area (Å²) < 4.78 is 5.13. The highest BCUT2D eigenvalue weighted by molar-refractivity contribution is 7.25. The van der Waals surface area contributed by atoms with Crippen LogP contribution in [0.5, 0.6) is 0 Å². The third-order valence-corrected chi connectivity index (χ3v) is 11.9. The van der Waals surface area contributed by atoms with Crippen molar-refractivity contribution in [2.24, 2.45) is 0 Å². The van der Waals surface area contributed by atoms with E-state index < -0.39 is 0 Å². The minimum Gasteiger partial charge on any atom is -0.310 e. The van der Waals surface area contributed by atoms with Gasteiger partial charge in [0.05, 0.1) is 22.4 Å². The molecule has 9 aromatic carbocycles. The lowest BCUT2D eigenvalue weighted by Crippen LogP contribution is -2.11. The topological polar surface area (TPSA) is 8.17 Å². The molecule has 0 atom stereocenters. The van der Waals surface area contributed by atoms with Crippen LogP contribution >= 0.6 is 11.3 Å². The molecule has 2 nitrogen and oxygen atoms in total. The molecule has 0 aliphatic carbocycles. The van der Waals surface area contributed by atoms with Crippen LogP contribution in [0.2, 0.25) is 0 Å². The molecule has 53 heavy (non-hydrogen) atoms. The molecule has 0 aliphatic rings. The summed E-state index contributed by atoms with van der Waals surface area (Å²) in [7, 11) is 0. The summed E-state index contributed by atoms with van der Waals surface area (Å²) in [5, 5.41) is 10.1. The molecule has 0 saturated carbocycles. The van der Waals surface area contributed by atoms with Crippen LogP contribution in [0.25, 0.3) is 80.3 Å². The molecule has 11 rings (SSSR count). The summed E-state index contributed by atoms with van der Waals surface area (Å²) in [5.74, 6) is 0. The van der Waals surface area contributed by atoms with E-state index in [9.17, 15) is 0 Å². The van der Waals surface area contributed by atoms with Crippen LogP contribution in [-0.4, -0.2) is 4.57 Å². The highest BCUT2D eigenvalue weighted by Crippen LogP contribution is 2.44. The van der Waals surface area contributed by atoms with Gasteiger partial charge in [0.15, 0.2) is 0 Å². The predicted molar refractivity (Wildman–Crippen MR) is 229 cm³/mol. The second-order valence-corrected chi connectivity index (χ2v) is 14.8. The van der Waals surface area contributed by atoms with Crippen molar-refractivity contribution in [3.05, 3.63) is 194 Å². The Morgan fingerprint density at radius 2 is 1.02 bits per heavy atom. The molecule has 0 saturated heterocycles. The van der Waals surface area contributed by atoms with Gasteiger partial charge in [0.25, 0.3) is 0 Å². The molecule has 2 aromatic heterocycles. The summed E-state index contributed by atoms with van der Waals surface area (Å²) in [6.45, 7) is 0. The monoisotopic (exact) mass is 692 g/mol. The Balaban J connectivity index is 1.11. The standard InChI is InChI=1S/C50H32N2S/c1-2-14-37(15-3-1)51(38-26-24-34(25-27-38)36-23-22-33-12-4-5-13-35(33)30-36)46-28-29-47(40-17-7-6-16-39(40)46)52-45-20-10-8-18-41(45)43-32-50-44(31-48(43)52)42-19-9-11-21-49(42)53-50/h1-32H. The van der Waals surface area contributed by atoms with Crippen molar-refractivity contribution >= 4 is 91.9 Å². The largest absolute Gasteiger partial charge is 0.310 e. The average molecular weight is 693 g/mol. The number of aromatic nitrogens is 1. The van der Waals surface area contributed by atoms with Crippen molar-refractivity contribution in [2.75, 3.05) is 4.90 Å². The van der Waals surface area contributed by atoms with Crippen LogP contribution in [0.1, 0.15) is 0 Å². The van der Waals surface area contributed by atoms with Gasteiger partial charge in [-0.15, -0.1) is 11.3 Å². The molecule has 0 spiro atoms. The number of nitrogens with zero attached hydrogens (tertiary/aromatic N) is 2. The zero-order valence-electron chi connectivity index (χ0n) is 28.8. The van der Waals surface area contributed by atoms with E-state index in [0.717, 1.165) is 17.1 Å². The highest BCUT2D eigenvalue weighted by atomic mass is 32.1. The lowest BCUT2D eigenvalue weighted by atomic mass is 10.0. The van der Waals surface area contributed by atoms with E-state index in [-0.39, 0.29) is 0 Å². The smallest absolute Gasteiger partial charge is 0.0548 e. The lowest BCUT2D eigenvalue weighted by Gasteiger charge is -2.28. The first-order valence-corrected chi connectivity index (χ1v) is 18.9. The van der Waals surface area contributed by atoms with E-state index >= 15 is 0 Å². The van der Waals surface area contributed by atoms with Gasteiger partial charge in [0.1, 0.15) is 0 Å². The van der Waals surface area contributed by atoms with Gasteiger partial charge >= 0.3 is 0 Å². The number of hydrogen-bond donors (Lipinski definition) is 0. The van der Waals surface area contributed by atoms with E-state index in [2.05, 4.69) is 204 Å². The molecule has 11 aromatic rings. The minimum atomic E-state index is 1.11. The fourth-order valence-corrected chi connectivity index (χ4v) is 9.41. The van der Waals surface area contributed by atoms with E-state index in [1.807, 2.05) is 11.3 Å². The normalized spacial score (nSPS) is 11.8. The van der Waals surface area contributed by atoms with Gasteiger partial charge in [-0.25, -0.2) is 0 Å². The predicted octanol–water partition coefficient (Wildman–Crippen LogP) is 14.6. The fourth-order valence-electron chi connectivity index (χ4n) is 8.28. The maximum atomic E-state index is 2.48. The van der Waals surface area contributed by atoms with Crippen LogP contribution in [0.15, 0.2) is 194 Å². The molecule has 248 valence electrons. The summed E-state index contributed by atoms with van der Waals surface area (Å²) in [4.78, 5) is 2.39. The number of benzene rings is 9. The second-order valence-electron chi connectivity index (χ2n) is 13.7. The van der Waals surface area contributed by atoms with Crippen LogP contribution in [0.3, 0.4) is 0 Å². The molecule has 0 N–H and O–H groups in total. The zero-order valence-corrected chi connectivity index (χ0v) is 29.6. The molecule has 3 heteroatoms. The highest BCUT2D eigenvalue weighted by Gasteiger charge is 2.20. The van der Waals surface area contributed by atoms with Crippen molar-refractivity contribution in [3.63, 3.8) is 0 Å². The number of rotatable bonds is 5. The molecule has 0 aliphatic heterocycles. The number of anilines is 3. The molecule has 0 amide bonds. The third kappa shape index (κ3) is 4.78. The van der Waals surface area contributed by atoms with Crippen molar-refractivity contribution < 1.29 is 0 Å². The Morgan fingerprint density at radius 1 is 0.358 bits per heavy atom. The Kier molecular flexibility index (Phi) is 6.76. The maximum absolute atomic E-state index is 2.48. The van der Waals surface area contributed by atoms with Gasteiger partial charge in [-0.2, -0.15) is 0 Å². The van der Waals surface area contributed by atoms with Crippen molar-refractivity contribution in [1.82, 2.24) is 4.57 Å². The van der Waals surface area contributed by atoms with E-state index in [0.29, 0.717) is 0 Å². The Hall–Kier alpha value is -6.68. The Labute approximate surface area is 311 Å². The maximum Gasteiger partial charge on any atom is 0.0548 e. The number of fused-ring (bicyclic) bond motifs is 8. The summed E-state index contributed by atoms with van der Waals surface area (Å²) in [6, 6.07) is 70.9. The van der Waals surface area contributed by atoms with E-state index in [4.69, 9.17) is 0 Å². The molecular formula is C50H32N2S. The molecule has 0 fully saturated rings. The molecule has 0 unspecified atom stereocenters. The van der Waals surface area contributed by atoms with Gasteiger partial charge in [-0.05, 0) is 88.6 Å². The molecular weight excluding hydrogens is 661 g/mol. The van der Waals surface area contributed by atoms with E-state index in [1.54, 1.807) is 0 Å². The third-order valence-electron chi connectivity index (χ3n) is 10.8. The van der Waals surface area contributed by atoms with Crippen LogP contribution in [-0.2, 0) is 0 Å². The number of thiophene rings is 1. The van der Waals surface area contributed by atoms with E-state index in [1.165, 1.54) is 80.3 Å². The molecule has 2 heterocycles. The van der Waals surface area contributed by atoms with Gasteiger partial charge in [-0.1, -0.05) is 127 Å². The van der Waals surface area contributed by atoms with Gasteiger partial charge < -0.3 is 9.47 Å². The van der Waals surface area contributed by atoms with Crippen LogP contribution < -0.4 is 4.90 Å². The summed E-state index contributed by atoms with van der Waals surface area (Å²) in [5.41, 5.74) is 9.41. The first-order chi connectivity index (χ1) is 26.3. The van der Waals surface area contributed by atoms with Crippen LogP contribution in [0, 0.1) is 0 Å². The Bertz CT molecular complexity index is 3170. The molecule has 0 bridgehead atoms. The Morgan fingerprint density at radius 3 is 1.87 bits per heavy atom. The SMILES string of the molecule is c1ccc(N(c2ccc(-c3ccc4ccccc4c3)cc2)c2ccc(-n3c4ccccc4c4cc5sc6ccccc6c5cc43)c3ccccc23)cc1. The summed E-state index contributed by atoms with van der Waals surface area (Å²) in [6.07, 6.45) is 0. The van der Waals surface area contributed by atoms with Gasteiger partial charge in [0.2, 0.25) is 0 Å². The molecule has 0 radical (unpaired) electrons. The average Bonchev–Trinajstić information content (AvgIpc) is 3.75. The van der Waals surface area contributed by atoms with Gasteiger partial charge in [-0.3, -0.25) is 0 Å². The number of hydrogen-bond acceptors (Lipinski definition) is 2. The second kappa shape index (κ2) is 11.9. The number of para-hydroxylation sites is 2. The quantitative estimate of drug-likeness (QED) is 0.174. The minimum absolute atomic E-state index is 1.11. The van der Waals surface area contributed by atoms with Crippen molar-refractivity contribution in [2.45, 2.75) is 0 Å². The van der Waals surface area contributed by atoms with Crippen LogP contribution in [0.4, 0.5) is 17.1 Å². The fraction of sp³-hybridized carbons (Fsp3) is 0. The first-order valence-electron chi connectivity index (χ1n) is 18.1. The van der Waals surface area contributed by atoms with Gasteiger partial charge in [0, 0.05) is 53.1 Å².